The third-order valence-electron chi connectivity index (χ3n) is 6.60. The lowest BCUT2D eigenvalue weighted by Crippen LogP contribution is -2.70. The minimum atomic E-state index is -8.01. The van der Waals surface area contributed by atoms with Gasteiger partial charge in [-0.25, -0.2) is 0 Å². The molecule has 0 aromatic heterocycles. The Labute approximate surface area is 221 Å². The van der Waals surface area contributed by atoms with Crippen molar-refractivity contribution in [3.8, 4) is 0 Å². The first-order chi connectivity index (χ1) is 17.9. The van der Waals surface area contributed by atoms with Gasteiger partial charge in [0.25, 0.3) is 0 Å². The zero-order valence-electron chi connectivity index (χ0n) is 21.1. The topological polar surface area (TPSA) is 20.2 Å². The molecular formula is C26H25F13O. The molecule has 14 heteroatoms. The SMILES string of the molecule is CC(C)Cc1ccc(C(O)(CC(F)(F)C(F)(F)C(F)(F)C(F)(F)C(F)(F)C(F)(F)F)C(C)c2ccccc2)cc1. The van der Waals surface area contributed by atoms with E-state index in [0.29, 0.717) is 12.0 Å². The molecule has 2 aromatic carbocycles. The Morgan fingerprint density at radius 3 is 1.48 bits per heavy atom. The molecule has 40 heavy (non-hydrogen) atoms. The highest BCUT2D eigenvalue weighted by Gasteiger charge is 2.90. The smallest absolute Gasteiger partial charge is 0.384 e. The first-order valence-electron chi connectivity index (χ1n) is 11.7. The number of alkyl halides is 13. The molecule has 0 spiro atoms. The number of halogens is 13. The molecule has 2 aromatic rings. The number of rotatable bonds is 11. The zero-order valence-corrected chi connectivity index (χ0v) is 21.1. The van der Waals surface area contributed by atoms with Crippen LogP contribution in [-0.4, -0.2) is 40.9 Å². The Kier molecular flexibility index (Phi) is 9.03. The fourth-order valence-electron chi connectivity index (χ4n) is 4.17. The fourth-order valence-corrected chi connectivity index (χ4v) is 4.17. The van der Waals surface area contributed by atoms with Gasteiger partial charge >= 0.3 is 35.8 Å². The van der Waals surface area contributed by atoms with Gasteiger partial charge in [0.1, 0.15) is 5.60 Å². The van der Waals surface area contributed by atoms with Gasteiger partial charge in [-0.3, -0.25) is 0 Å². The van der Waals surface area contributed by atoms with Gasteiger partial charge < -0.3 is 5.11 Å². The molecule has 0 radical (unpaired) electrons. The fraction of sp³-hybridized carbons (Fsp3) is 0.538. The van der Waals surface area contributed by atoms with Crippen LogP contribution in [0.25, 0.3) is 0 Å². The van der Waals surface area contributed by atoms with Crippen LogP contribution in [-0.2, 0) is 12.0 Å². The first-order valence-corrected chi connectivity index (χ1v) is 11.7. The Hall–Kier alpha value is -2.51. The summed E-state index contributed by atoms with van der Waals surface area (Å²) in [5.74, 6) is -39.2. The second-order valence-corrected chi connectivity index (χ2v) is 10.0. The van der Waals surface area contributed by atoms with Crippen molar-refractivity contribution in [2.24, 2.45) is 5.92 Å². The summed E-state index contributed by atoms with van der Waals surface area (Å²) < 4.78 is 178. The second kappa shape index (κ2) is 10.7. The highest BCUT2D eigenvalue weighted by molar-refractivity contribution is 5.34. The largest absolute Gasteiger partial charge is 0.460 e. The molecule has 2 unspecified atom stereocenters. The summed E-state index contributed by atoms with van der Waals surface area (Å²) in [5.41, 5.74) is -3.20. The normalized spacial score (nSPS) is 16.6. The van der Waals surface area contributed by atoms with E-state index in [4.69, 9.17) is 0 Å². The standard InChI is InChI=1S/C26H25F13O/c1-15(2)13-17-9-11-19(12-10-17)20(40,16(3)18-7-5-4-6-8-18)14-21(27,28)22(29,30)23(31,32)24(33,34)25(35,36)26(37,38)39/h4-12,15-16,40H,13-14H2,1-3H3. The Morgan fingerprint density at radius 1 is 0.600 bits per heavy atom. The molecule has 0 aliphatic carbocycles. The predicted octanol–water partition coefficient (Wildman–Crippen LogP) is 9.01. The predicted molar refractivity (Wildman–Crippen MR) is 119 cm³/mol. The van der Waals surface area contributed by atoms with E-state index < -0.39 is 59.3 Å². The molecule has 0 bridgehead atoms. The van der Waals surface area contributed by atoms with Crippen LogP contribution in [0.5, 0.6) is 0 Å². The van der Waals surface area contributed by atoms with E-state index in [-0.39, 0.29) is 11.5 Å². The quantitative estimate of drug-likeness (QED) is 0.255. The molecule has 0 fully saturated rings. The van der Waals surface area contributed by atoms with E-state index >= 15 is 0 Å². The van der Waals surface area contributed by atoms with Crippen molar-refractivity contribution in [1.82, 2.24) is 0 Å². The van der Waals surface area contributed by atoms with Crippen LogP contribution in [0.1, 0.15) is 49.8 Å². The lowest BCUT2D eigenvalue weighted by molar-refractivity contribution is -0.441. The van der Waals surface area contributed by atoms with Gasteiger partial charge in [-0.15, -0.1) is 0 Å². The molecule has 226 valence electrons. The van der Waals surface area contributed by atoms with Crippen LogP contribution < -0.4 is 0 Å². The van der Waals surface area contributed by atoms with E-state index in [9.17, 15) is 62.2 Å². The highest BCUT2D eigenvalue weighted by Crippen LogP contribution is 2.62. The molecule has 0 aliphatic heterocycles. The van der Waals surface area contributed by atoms with E-state index in [1.807, 2.05) is 13.8 Å². The molecule has 0 heterocycles. The molecule has 2 atom stereocenters. The molecule has 1 N–H and O–H groups in total. The molecule has 1 nitrogen and oxygen atoms in total. The van der Waals surface area contributed by atoms with E-state index in [1.54, 1.807) is 0 Å². The Morgan fingerprint density at radius 2 is 1.05 bits per heavy atom. The van der Waals surface area contributed by atoms with Gasteiger partial charge in [0, 0.05) is 5.92 Å². The Bertz CT molecular complexity index is 1130. The maximum Gasteiger partial charge on any atom is 0.460 e. The number of hydrogen-bond donors (Lipinski definition) is 1. The molecule has 2 rings (SSSR count). The first kappa shape index (κ1) is 33.7. The molecule has 0 aliphatic rings. The highest BCUT2D eigenvalue weighted by atomic mass is 19.4. The average molecular weight is 600 g/mol. The third kappa shape index (κ3) is 5.64. The average Bonchev–Trinajstić information content (AvgIpc) is 2.82. The van der Waals surface area contributed by atoms with E-state index in [0.717, 1.165) is 19.1 Å². The lowest BCUT2D eigenvalue weighted by atomic mass is 9.73. The second-order valence-electron chi connectivity index (χ2n) is 10.0. The van der Waals surface area contributed by atoms with Crippen molar-refractivity contribution in [1.29, 1.82) is 0 Å². The van der Waals surface area contributed by atoms with Crippen LogP contribution in [0.3, 0.4) is 0 Å². The van der Waals surface area contributed by atoms with Crippen molar-refractivity contribution < 1.29 is 62.2 Å². The van der Waals surface area contributed by atoms with Gasteiger partial charge in [0.15, 0.2) is 0 Å². The minimum absolute atomic E-state index is 0.00364. The van der Waals surface area contributed by atoms with Gasteiger partial charge in [0.05, 0.1) is 6.42 Å². The van der Waals surface area contributed by atoms with Crippen molar-refractivity contribution >= 4 is 0 Å². The number of benzene rings is 2. The van der Waals surface area contributed by atoms with Gasteiger partial charge in [0.2, 0.25) is 0 Å². The summed E-state index contributed by atoms with van der Waals surface area (Å²) in [6, 6.07) is 11.3. The number of aliphatic hydroxyl groups is 1. The summed E-state index contributed by atoms with van der Waals surface area (Å²) >= 11 is 0. The van der Waals surface area contributed by atoms with E-state index in [2.05, 4.69) is 0 Å². The van der Waals surface area contributed by atoms with Crippen molar-refractivity contribution in [2.75, 3.05) is 0 Å². The summed E-state index contributed by atoms with van der Waals surface area (Å²) in [6.45, 7) is 4.67. The van der Waals surface area contributed by atoms with Crippen LogP contribution in [0.15, 0.2) is 54.6 Å². The maximum absolute atomic E-state index is 15.0. The van der Waals surface area contributed by atoms with Crippen LogP contribution in [0, 0.1) is 5.92 Å². The molecule has 0 saturated carbocycles. The molecule has 0 amide bonds. The van der Waals surface area contributed by atoms with Crippen LogP contribution in [0.2, 0.25) is 0 Å². The zero-order chi connectivity index (χ0) is 31.2. The molecule has 0 saturated heterocycles. The Balaban J connectivity index is 2.67. The van der Waals surface area contributed by atoms with Crippen molar-refractivity contribution in [3.05, 3.63) is 71.3 Å². The lowest BCUT2D eigenvalue weighted by Gasteiger charge is -2.43. The van der Waals surface area contributed by atoms with E-state index in [1.165, 1.54) is 42.5 Å². The summed E-state index contributed by atoms with van der Waals surface area (Å²) in [4.78, 5) is 0. The summed E-state index contributed by atoms with van der Waals surface area (Å²) in [7, 11) is 0. The third-order valence-corrected chi connectivity index (χ3v) is 6.60. The van der Waals surface area contributed by atoms with Gasteiger partial charge in [-0.1, -0.05) is 75.4 Å². The number of hydrogen-bond acceptors (Lipinski definition) is 1. The summed E-state index contributed by atoms with van der Waals surface area (Å²) in [5, 5.41) is 11.4. The van der Waals surface area contributed by atoms with Gasteiger partial charge in [-0.2, -0.15) is 57.1 Å². The maximum atomic E-state index is 15.0. The van der Waals surface area contributed by atoms with Crippen LogP contribution in [0.4, 0.5) is 57.1 Å². The van der Waals surface area contributed by atoms with Crippen molar-refractivity contribution in [2.45, 2.75) is 80.9 Å². The summed E-state index contributed by atoms with van der Waals surface area (Å²) in [6.07, 6.45) is -9.81. The minimum Gasteiger partial charge on any atom is -0.384 e. The molecular weight excluding hydrogens is 575 g/mol. The monoisotopic (exact) mass is 600 g/mol. The van der Waals surface area contributed by atoms with Crippen LogP contribution >= 0.6 is 0 Å². The van der Waals surface area contributed by atoms with Crippen molar-refractivity contribution in [3.63, 3.8) is 0 Å². The van der Waals surface area contributed by atoms with Gasteiger partial charge in [-0.05, 0) is 29.0 Å².